The quantitative estimate of drug-likeness (QED) is 0.393. The maximum absolute atomic E-state index is 13.7. The first-order valence-corrected chi connectivity index (χ1v) is 11.1. The molecule has 1 aliphatic heterocycles. The van der Waals surface area contributed by atoms with Gasteiger partial charge in [-0.1, -0.05) is 18.7 Å². The fraction of sp³-hybridized carbons (Fsp3) is 0.200. The number of ether oxygens (including phenoxy) is 1. The molecule has 35 heavy (non-hydrogen) atoms. The van der Waals surface area contributed by atoms with Crippen LogP contribution in [0.3, 0.4) is 0 Å². The van der Waals surface area contributed by atoms with Crippen LogP contribution in [-0.2, 0) is 4.79 Å². The molecule has 0 radical (unpaired) electrons. The molecule has 9 nitrogen and oxygen atoms in total. The molecule has 0 bridgehead atoms. The Bertz CT molecular complexity index is 1400. The zero-order valence-corrected chi connectivity index (χ0v) is 19.1. The normalized spacial score (nSPS) is 15.8. The number of carbonyl (C=O) groups is 1. The van der Waals surface area contributed by atoms with E-state index >= 15 is 0 Å². The molecule has 3 heterocycles. The first kappa shape index (κ1) is 22.5. The topological polar surface area (TPSA) is 96.7 Å². The van der Waals surface area contributed by atoms with E-state index in [0.29, 0.717) is 40.0 Å². The van der Waals surface area contributed by atoms with Crippen LogP contribution in [0.25, 0.3) is 16.9 Å². The van der Waals surface area contributed by atoms with Crippen LogP contribution in [0.4, 0.5) is 21.7 Å². The van der Waals surface area contributed by atoms with E-state index < -0.39 is 0 Å². The van der Waals surface area contributed by atoms with Crippen LogP contribution in [0.2, 0.25) is 0 Å². The van der Waals surface area contributed by atoms with Crippen molar-refractivity contribution < 1.29 is 13.9 Å². The molecule has 2 aromatic carbocycles. The average Bonchev–Trinajstić information content (AvgIpc) is 3.46. The Balaban J connectivity index is 1.43. The molecule has 1 aliphatic rings. The highest BCUT2D eigenvalue weighted by molar-refractivity contribution is 6.00. The van der Waals surface area contributed by atoms with Gasteiger partial charge in [0.15, 0.2) is 5.65 Å². The minimum absolute atomic E-state index is 0.0482. The lowest BCUT2D eigenvalue weighted by molar-refractivity contribution is -0.111. The van der Waals surface area contributed by atoms with Crippen LogP contribution in [0.1, 0.15) is 6.42 Å². The van der Waals surface area contributed by atoms with Crippen molar-refractivity contribution in [3.05, 3.63) is 73.6 Å². The first-order valence-electron chi connectivity index (χ1n) is 11.1. The van der Waals surface area contributed by atoms with Gasteiger partial charge in [0.25, 0.3) is 0 Å². The minimum atomic E-state index is -0.350. The number of hydrogen-bond donors (Lipinski definition) is 2. The highest BCUT2D eigenvalue weighted by atomic mass is 19.1. The fourth-order valence-electron chi connectivity index (χ4n) is 3.99. The molecule has 5 rings (SSSR count). The minimum Gasteiger partial charge on any atom is -0.487 e. The lowest BCUT2D eigenvalue weighted by Crippen LogP contribution is -2.22. The third-order valence-electron chi connectivity index (χ3n) is 5.70. The number of benzene rings is 2. The van der Waals surface area contributed by atoms with E-state index in [1.54, 1.807) is 41.3 Å². The molecule has 4 aromatic rings. The number of anilines is 3. The Hall–Kier alpha value is -4.31. The van der Waals surface area contributed by atoms with Crippen molar-refractivity contribution in [3.63, 3.8) is 0 Å². The van der Waals surface area contributed by atoms with Crippen LogP contribution >= 0.6 is 0 Å². The molecule has 0 saturated carbocycles. The van der Waals surface area contributed by atoms with Gasteiger partial charge in [-0.25, -0.2) is 14.4 Å². The van der Waals surface area contributed by atoms with Crippen LogP contribution in [-0.4, -0.2) is 56.4 Å². The van der Waals surface area contributed by atoms with Crippen molar-refractivity contribution in [2.45, 2.75) is 12.5 Å². The molecule has 1 saturated heterocycles. The highest BCUT2D eigenvalue weighted by Crippen LogP contribution is 2.31. The molecule has 1 fully saturated rings. The fourth-order valence-corrected chi connectivity index (χ4v) is 3.99. The maximum Gasteiger partial charge on any atom is 0.247 e. The predicted octanol–water partition coefficient (Wildman–Crippen LogP) is 3.88. The number of imidazole rings is 1. The number of likely N-dealkylation sites (N-methyl/N-ethyl adjacent to an activating group) is 1. The van der Waals surface area contributed by atoms with Crippen molar-refractivity contribution in [1.82, 2.24) is 24.3 Å². The molecule has 2 aromatic heterocycles. The number of hydrogen-bond acceptors (Lipinski definition) is 7. The van der Waals surface area contributed by atoms with Gasteiger partial charge in [-0.05, 0) is 49.9 Å². The Morgan fingerprint density at radius 3 is 2.86 bits per heavy atom. The zero-order chi connectivity index (χ0) is 24.4. The lowest BCUT2D eigenvalue weighted by Gasteiger charge is -2.18. The van der Waals surface area contributed by atoms with Gasteiger partial charge >= 0.3 is 0 Å². The number of carbonyl (C=O) groups excluding carboxylic acids is 1. The summed E-state index contributed by atoms with van der Waals surface area (Å²) in [6.45, 7) is 5.31. The van der Waals surface area contributed by atoms with Gasteiger partial charge in [-0.15, -0.1) is 0 Å². The summed E-state index contributed by atoms with van der Waals surface area (Å²) in [5, 5.41) is 5.96. The Labute approximate surface area is 201 Å². The summed E-state index contributed by atoms with van der Waals surface area (Å²) >= 11 is 0. The number of nitrogens with one attached hydrogen (secondary N) is 2. The molecule has 1 atom stereocenters. The molecular formula is C25H24FN7O2. The second kappa shape index (κ2) is 9.51. The Morgan fingerprint density at radius 1 is 1.23 bits per heavy atom. The number of likely N-dealkylation sites (tertiary alicyclic amines) is 1. The van der Waals surface area contributed by atoms with E-state index in [-0.39, 0.29) is 17.8 Å². The molecular weight excluding hydrogens is 449 g/mol. The van der Waals surface area contributed by atoms with E-state index in [2.05, 4.69) is 37.1 Å². The van der Waals surface area contributed by atoms with Crippen molar-refractivity contribution in [1.29, 1.82) is 0 Å². The van der Waals surface area contributed by atoms with Gasteiger partial charge in [-0.2, -0.15) is 4.98 Å². The van der Waals surface area contributed by atoms with Crippen LogP contribution in [0.5, 0.6) is 5.75 Å². The van der Waals surface area contributed by atoms with Gasteiger partial charge in [0, 0.05) is 24.3 Å². The number of amides is 1. The third-order valence-corrected chi connectivity index (χ3v) is 5.70. The zero-order valence-electron chi connectivity index (χ0n) is 19.1. The predicted molar refractivity (Wildman–Crippen MR) is 131 cm³/mol. The number of nitrogens with zero attached hydrogens (tertiary/aromatic N) is 5. The van der Waals surface area contributed by atoms with Crippen molar-refractivity contribution in [2.75, 3.05) is 30.8 Å². The second-order valence-electron chi connectivity index (χ2n) is 8.33. The van der Waals surface area contributed by atoms with Gasteiger partial charge in [0.1, 0.15) is 36.0 Å². The molecule has 1 amide bonds. The smallest absolute Gasteiger partial charge is 0.247 e. The maximum atomic E-state index is 13.7. The number of halogens is 1. The molecule has 178 valence electrons. The summed E-state index contributed by atoms with van der Waals surface area (Å²) in [6.07, 6.45) is 5.33. The Kier molecular flexibility index (Phi) is 6.11. The van der Waals surface area contributed by atoms with E-state index in [1.165, 1.54) is 18.2 Å². The van der Waals surface area contributed by atoms with Crippen LogP contribution in [0.15, 0.2) is 67.8 Å². The standard InChI is InChI=1S/C25H24FN7O2/c1-3-22(34)30-20-12-18(7-8-21(20)35-19-9-10-32(2)13-19)29-25-28-15-33-14-27-23(24(33)31-25)16-5-4-6-17(26)11-16/h3-8,11-12,14-15,19H,1,9-10,13H2,2H3,(H,29,31)(H,30,34). The number of fused-ring (bicyclic) bond motifs is 1. The third kappa shape index (κ3) is 4.97. The summed E-state index contributed by atoms with van der Waals surface area (Å²) in [7, 11) is 2.05. The van der Waals surface area contributed by atoms with Gasteiger partial charge < -0.3 is 20.3 Å². The van der Waals surface area contributed by atoms with E-state index in [1.807, 2.05) is 13.1 Å². The molecule has 0 aliphatic carbocycles. The lowest BCUT2D eigenvalue weighted by atomic mass is 10.1. The van der Waals surface area contributed by atoms with Crippen LogP contribution in [0, 0.1) is 5.82 Å². The monoisotopic (exact) mass is 473 g/mol. The largest absolute Gasteiger partial charge is 0.487 e. The van der Waals surface area contributed by atoms with Gasteiger partial charge in [-0.3, -0.25) is 9.20 Å². The summed E-state index contributed by atoms with van der Waals surface area (Å²) in [4.78, 5) is 27.5. The summed E-state index contributed by atoms with van der Waals surface area (Å²) < 4.78 is 21.6. The molecule has 0 spiro atoms. The average molecular weight is 474 g/mol. The second-order valence-corrected chi connectivity index (χ2v) is 8.33. The van der Waals surface area contributed by atoms with Gasteiger partial charge in [0.05, 0.1) is 5.69 Å². The van der Waals surface area contributed by atoms with E-state index in [4.69, 9.17) is 4.74 Å². The van der Waals surface area contributed by atoms with Crippen molar-refractivity contribution in [3.8, 4) is 17.0 Å². The summed E-state index contributed by atoms with van der Waals surface area (Å²) in [5.41, 5.74) is 2.85. The van der Waals surface area contributed by atoms with Crippen molar-refractivity contribution >= 4 is 28.9 Å². The van der Waals surface area contributed by atoms with E-state index in [9.17, 15) is 9.18 Å². The molecule has 1 unspecified atom stereocenters. The molecule has 10 heteroatoms. The SMILES string of the molecule is C=CC(=O)Nc1cc(Nc2ncn3cnc(-c4cccc(F)c4)c3n2)ccc1OC1CCN(C)C1. The Morgan fingerprint density at radius 2 is 2.09 bits per heavy atom. The van der Waals surface area contributed by atoms with E-state index in [0.717, 1.165) is 19.5 Å². The van der Waals surface area contributed by atoms with Crippen LogP contribution < -0.4 is 15.4 Å². The first-order chi connectivity index (χ1) is 17.0. The highest BCUT2D eigenvalue weighted by Gasteiger charge is 2.22. The number of rotatable bonds is 7. The number of aromatic nitrogens is 4. The summed E-state index contributed by atoms with van der Waals surface area (Å²) in [6, 6.07) is 11.6. The van der Waals surface area contributed by atoms with Crippen molar-refractivity contribution in [2.24, 2.45) is 0 Å². The van der Waals surface area contributed by atoms with Gasteiger partial charge in [0.2, 0.25) is 11.9 Å². The summed E-state index contributed by atoms with van der Waals surface area (Å²) in [5.74, 6) is 0.207. The molecule has 2 N–H and O–H groups in total.